The van der Waals surface area contributed by atoms with Crippen molar-refractivity contribution in [2.24, 2.45) is 0 Å². The predicted octanol–water partition coefficient (Wildman–Crippen LogP) is 2.77. The lowest BCUT2D eigenvalue weighted by Crippen LogP contribution is -2.25. The zero-order chi connectivity index (χ0) is 21.1. The van der Waals surface area contributed by atoms with Gasteiger partial charge >= 0.3 is 0 Å². The van der Waals surface area contributed by atoms with Crippen molar-refractivity contribution in [3.63, 3.8) is 0 Å². The molecule has 8 heteroatoms. The van der Waals surface area contributed by atoms with Crippen molar-refractivity contribution in [2.45, 2.75) is 25.3 Å². The van der Waals surface area contributed by atoms with Crippen molar-refractivity contribution in [1.82, 2.24) is 5.32 Å². The van der Waals surface area contributed by atoms with Crippen LogP contribution in [-0.2, 0) is 14.8 Å². The first-order valence-electron chi connectivity index (χ1n) is 9.91. The number of nitrogens with one attached hydrogen (secondary N) is 2. The lowest BCUT2D eigenvalue weighted by molar-refractivity contribution is -0.111. The second kappa shape index (κ2) is 8.31. The van der Waals surface area contributed by atoms with Gasteiger partial charge in [0.25, 0.3) is 5.91 Å². The minimum atomic E-state index is -3.20. The molecule has 2 aliphatic rings. The van der Waals surface area contributed by atoms with Gasteiger partial charge in [-0.2, -0.15) is 0 Å². The first kappa shape index (κ1) is 20.2. The maximum Gasteiger partial charge on any atom is 0.251 e. The molecule has 0 atom stereocenters. The highest BCUT2D eigenvalue weighted by Crippen LogP contribution is 2.24. The molecule has 0 spiro atoms. The molecule has 1 aliphatic carbocycles. The van der Waals surface area contributed by atoms with E-state index in [1.54, 1.807) is 54.6 Å². The number of hydrogen-bond acceptors (Lipinski definition) is 4. The molecule has 1 saturated heterocycles. The molecule has 2 N–H and O–H groups in total. The molecular weight excluding hydrogens is 402 g/mol. The molecule has 0 bridgehead atoms. The van der Waals surface area contributed by atoms with Gasteiger partial charge in [-0.15, -0.1) is 0 Å². The highest BCUT2D eigenvalue weighted by Gasteiger charge is 2.28. The van der Waals surface area contributed by atoms with Gasteiger partial charge in [0.1, 0.15) is 0 Å². The highest BCUT2D eigenvalue weighted by molar-refractivity contribution is 7.93. The minimum Gasteiger partial charge on any atom is -0.349 e. The monoisotopic (exact) mass is 425 g/mol. The second-order valence-electron chi connectivity index (χ2n) is 7.48. The first-order chi connectivity index (χ1) is 14.4. The molecule has 7 nitrogen and oxygen atoms in total. The van der Waals surface area contributed by atoms with Crippen molar-refractivity contribution in [3.05, 3.63) is 65.7 Å². The molecule has 2 amide bonds. The summed E-state index contributed by atoms with van der Waals surface area (Å²) in [6, 6.07) is 14.1. The molecule has 2 fully saturated rings. The van der Waals surface area contributed by atoms with Gasteiger partial charge < -0.3 is 10.6 Å². The van der Waals surface area contributed by atoms with Crippen molar-refractivity contribution in [3.8, 4) is 0 Å². The number of carbonyl (C=O) groups is 2. The van der Waals surface area contributed by atoms with Crippen molar-refractivity contribution in [1.29, 1.82) is 0 Å². The summed E-state index contributed by atoms with van der Waals surface area (Å²) in [4.78, 5) is 24.1. The van der Waals surface area contributed by atoms with Crippen LogP contribution in [0.25, 0.3) is 6.08 Å². The van der Waals surface area contributed by atoms with Crippen LogP contribution >= 0.6 is 0 Å². The van der Waals surface area contributed by atoms with Crippen molar-refractivity contribution >= 4 is 39.3 Å². The van der Waals surface area contributed by atoms with E-state index in [1.165, 1.54) is 10.4 Å². The Morgan fingerprint density at radius 3 is 2.30 bits per heavy atom. The van der Waals surface area contributed by atoms with Gasteiger partial charge in [0.2, 0.25) is 15.9 Å². The van der Waals surface area contributed by atoms with Crippen LogP contribution in [0.5, 0.6) is 0 Å². The maximum absolute atomic E-state index is 12.2. The maximum atomic E-state index is 12.2. The Labute approximate surface area is 175 Å². The van der Waals surface area contributed by atoms with Crippen LogP contribution in [0.3, 0.4) is 0 Å². The largest absolute Gasteiger partial charge is 0.349 e. The summed E-state index contributed by atoms with van der Waals surface area (Å²) in [6.07, 6.45) is 5.78. The van der Waals surface area contributed by atoms with Crippen LogP contribution < -0.4 is 14.9 Å². The highest BCUT2D eigenvalue weighted by atomic mass is 32.2. The number of amides is 2. The van der Waals surface area contributed by atoms with Crippen LogP contribution in [0.4, 0.5) is 11.4 Å². The molecule has 4 rings (SSSR count). The Morgan fingerprint density at radius 2 is 1.70 bits per heavy atom. The summed E-state index contributed by atoms with van der Waals surface area (Å²) < 4.78 is 25.4. The van der Waals surface area contributed by atoms with Crippen LogP contribution in [0.15, 0.2) is 54.6 Å². The van der Waals surface area contributed by atoms with E-state index in [9.17, 15) is 18.0 Å². The molecule has 156 valence electrons. The average Bonchev–Trinajstić information content (AvgIpc) is 3.47. The molecule has 2 aromatic rings. The first-order valence-corrected chi connectivity index (χ1v) is 11.5. The van der Waals surface area contributed by atoms with E-state index in [2.05, 4.69) is 10.6 Å². The molecule has 1 aliphatic heterocycles. The molecule has 0 aromatic heterocycles. The Hall–Kier alpha value is -3.13. The predicted molar refractivity (Wildman–Crippen MR) is 117 cm³/mol. The fourth-order valence-electron chi connectivity index (χ4n) is 3.24. The van der Waals surface area contributed by atoms with E-state index in [0.717, 1.165) is 18.4 Å². The topological polar surface area (TPSA) is 95.6 Å². The van der Waals surface area contributed by atoms with E-state index in [1.807, 2.05) is 0 Å². The van der Waals surface area contributed by atoms with Crippen molar-refractivity contribution < 1.29 is 18.0 Å². The van der Waals surface area contributed by atoms with Gasteiger partial charge in [-0.3, -0.25) is 13.9 Å². The fourth-order valence-corrected chi connectivity index (χ4v) is 4.80. The van der Waals surface area contributed by atoms with Gasteiger partial charge in [0.05, 0.1) is 11.4 Å². The normalized spacial score (nSPS) is 17.8. The third-order valence-corrected chi connectivity index (χ3v) is 6.90. The summed E-state index contributed by atoms with van der Waals surface area (Å²) in [5.74, 6) is -0.210. The molecule has 0 unspecified atom stereocenters. The van der Waals surface area contributed by atoms with E-state index >= 15 is 0 Å². The SMILES string of the molecule is O=C(/C=C/c1ccc(N2CCCS2(=O)=O)cc1)Nc1ccc(C(=O)NC2CC2)cc1. The van der Waals surface area contributed by atoms with Gasteiger partial charge in [0, 0.05) is 29.9 Å². The van der Waals surface area contributed by atoms with Crippen molar-refractivity contribution in [2.75, 3.05) is 21.9 Å². The Bertz CT molecular complexity index is 1070. The Morgan fingerprint density at radius 1 is 1.00 bits per heavy atom. The zero-order valence-corrected chi connectivity index (χ0v) is 17.2. The summed E-state index contributed by atoms with van der Waals surface area (Å²) in [6.45, 7) is 0.501. The third kappa shape index (κ3) is 4.88. The standard InChI is InChI=1S/C22H23N3O4S/c26-21(23-18-7-5-17(6-8-18)22(27)24-19-9-10-19)13-4-16-2-11-20(12-3-16)25-14-1-15-30(25,28)29/h2-8,11-13,19H,1,9-10,14-15H2,(H,23,26)(H,24,27)/b13-4+. The second-order valence-corrected chi connectivity index (χ2v) is 9.49. The number of nitrogens with zero attached hydrogens (tertiary/aromatic N) is 1. The number of sulfonamides is 1. The fraction of sp³-hybridized carbons (Fsp3) is 0.273. The summed E-state index contributed by atoms with van der Waals surface area (Å²) in [7, 11) is -3.20. The third-order valence-electron chi connectivity index (χ3n) is 5.03. The van der Waals surface area contributed by atoms with Gasteiger partial charge in [-0.05, 0) is 67.3 Å². The number of hydrogen-bond donors (Lipinski definition) is 2. The molecular formula is C22H23N3O4S. The van der Waals surface area contributed by atoms with E-state index in [4.69, 9.17) is 0 Å². The number of rotatable bonds is 6. The Balaban J connectivity index is 1.32. The minimum absolute atomic E-state index is 0.0968. The summed E-state index contributed by atoms with van der Waals surface area (Å²) >= 11 is 0. The van der Waals surface area contributed by atoms with Gasteiger partial charge in [-0.25, -0.2) is 8.42 Å². The molecule has 2 aromatic carbocycles. The van der Waals surface area contributed by atoms with Gasteiger partial charge in [-0.1, -0.05) is 12.1 Å². The van der Waals surface area contributed by atoms with Crippen LogP contribution in [0.1, 0.15) is 35.2 Å². The number of benzene rings is 2. The lowest BCUT2D eigenvalue weighted by Gasteiger charge is -2.16. The van der Waals surface area contributed by atoms with E-state index < -0.39 is 10.0 Å². The van der Waals surface area contributed by atoms with Crippen LogP contribution in [-0.4, -0.2) is 38.6 Å². The zero-order valence-electron chi connectivity index (χ0n) is 16.4. The molecule has 0 radical (unpaired) electrons. The number of carbonyl (C=O) groups excluding carboxylic acids is 2. The smallest absolute Gasteiger partial charge is 0.251 e. The van der Waals surface area contributed by atoms with E-state index in [0.29, 0.717) is 35.9 Å². The molecule has 30 heavy (non-hydrogen) atoms. The number of anilines is 2. The van der Waals surface area contributed by atoms with Gasteiger partial charge in [0.15, 0.2) is 0 Å². The van der Waals surface area contributed by atoms with E-state index in [-0.39, 0.29) is 17.6 Å². The van der Waals surface area contributed by atoms with Crippen LogP contribution in [0, 0.1) is 0 Å². The summed E-state index contributed by atoms with van der Waals surface area (Å²) in [5.41, 5.74) is 2.59. The quantitative estimate of drug-likeness (QED) is 0.696. The molecule has 1 saturated carbocycles. The Kier molecular flexibility index (Phi) is 5.59. The molecule has 1 heterocycles. The van der Waals surface area contributed by atoms with Crippen LogP contribution in [0.2, 0.25) is 0 Å². The lowest BCUT2D eigenvalue weighted by atomic mass is 10.2. The summed E-state index contributed by atoms with van der Waals surface area (Å²) in [5, 5.41) is 5.67. The average molecular weight is 426 g/mol.